The summed E-state index contributed by atoms with van der Waals surface area (Å²) < 4.78 is 20.4. The third kappa shape index (κ3) is 3.71. The average molecular weight is 411 g/mol. The van der Waals surface area contributed by atoms with Crippen LogP contribution in [0, 0.1) is 12.7 Å². The number of carbonyl (C=O) groups is 1. The fraction of sp³-hybridized carbons (Fsp3) is 0.190. The van der Waals surface area contributed by atoms with E-state index in [2.05, 4.69) is 10.3 Å². The zero-order valence-electron chi connectivity index (χ0n) is 15.8. The second-order valence-corrected chi connectivity index (χ2v) is 7.75. The van der Waals surface area contributed by atoms with Crippen molar-refractivity contribution in [3.63, 3.8) is 0 Å². The molecule has 0 spiro atoms. The third-order valence-electron chi connectivity index (χ3n) is 4.72. The molecule has 0 bridgehead atoms. The van der Waals surface area contributed by atoms with Crippen LogP contribution in [-0.4, -0.2) is 15.5 Å². The van der Waals surface area contributed by atoms with Gasteiger partial charge in [0.05, 0.1) is 11.2 Å². The highest BCUT2D eigenvalue weighted by molar-refractivity contribution is 7.15. The number of nitrogens with zero attached hydrogens (tertiary/aromatic N) is 2. The van der Waals surface area contributed by atoms with E-state index in [-0.39, 0.29) is 11.7 Å². The van der Waals surface area contributed by atoms with Gasteiger partial charge in [-0.15, -0.1) is 11.3 Å². The van der Waals surface area contributed by atoms with Gasteiger partial charge in [0.2, 0.25) is 5.91 Å². The van der Waals surface area contributed by atoms with Crippen LogP contribution in [0.4, 0.5) is 9.52 Å². The van der Waals surface area contributed by atoms with Crippen molar-refractivity contribution in [2.24, 2.45) is 0 Å². The van der Waals surface area contributed by atoms with Gasteiger partial charge in [-0.25, -0.2) is 14.2 Å². The van der Waals surface area contributed by atoms with Crippen molar-refractivity contribution in [3.8, 4) is 0 Å². The number of aryl methyl sites for hydroxylation is 1. The van der Waals surface area contributed by atoms with Crippen LogP contribution in [-0.2, 0) is 11.2 Å². The molecule has 2 aromatic carbocycles. The van der Waals surface area contributed by atoms with E-state index in [0.29, 0.717) is 28.2 Å². The fourth-order valence-electron chi connectivity index (χ4n) is 3.14. The third-order valence-corrected chi connectivity index (χ3v) is 5.79. The summed E-state index contributed by atoms with van der Waals surface area (Å²) in [5, 5.41) is 3.17. The van der Waals surface area contributed by atoms with E-state index in [1.54, 1.807) is 49.4 Å². The van der Waals surface area contributed by atoms with Crippen LogP contribution in [0.3, 0.4) is 0 Å². The molecule has 2 aromatic heterocycles. The Morgan fingerprint density at radius 2 is 1.97 bits per heavy atom. The van der Waals surface area contributed by atoms with Gasteiger partial charge < -0.3 is 9.73 Å². The van der Waals surface area contributed by atoms with Crippen molar-refractivity contribution >= 4 is 33.5 Å². The second-order valence-electron chi connectivity index (χ2n) is 6.67. The van der Waals surface area contributed by atoms with Crippen molar-refractivity contribution in [3.05, 3.63) is 81.0 Å². The molecule has 6 nitrogen and oxygen atoms in total. The molecule has 0 aliphatic heterocycles. The molecule has 4 rings (SSSR count). The van der Waals surface area contributed by atoms with Crippen molar-refractivity contribution in [1.82, 2.24) is 9.55 Å². The molecular weight excluding hydrogens is 393 g/mol. The molecular formula is C21H18FN3O3S. The van der Waals surface area contributed by atoms with Gasteiger partial charge in [-0.1, -0.05) is 30.3 Å². The second kappa shape index (κ2) is 7.63. The van der Waals surface area contributed by atoms with Gasteiger partial charge >= 0.3 is 5.76 Å². The molecule has 0 saturated heterocycles. The number of rotatable bonds is 5. The van der Waals surface area contributed by atoms with Gasteiger partial charge in [0.15, 0.2) is 10.7 Å². The van der Waals surface area contributed by atoms with Gasteiger partial charge in [-0.05, 0) is 37.6 Å². The zero-order chi connectivity index (χ0) is 20.5. The number of amides is 1. The van der Waals surface area contributed by atoms with E-state index in [1.807, 2.05) is 6.92 Å². The molecule has 4 aromatic rings. The lowest BCUT2D eigenvalue weighted by Crippen LogP contribution is -2.29. The first kappa shape index (κ1) is 19.1. The van der Waals surface area contributed by atoms with Gasteiger partial charge in [-0.3, -0.25) is 9.36 Å². The Morgan fingerprint density at radius 1 is 1.24 bits per heavy atom. The number of anilines is 1. The number of halogens is 1. The summed E-state index contributed by atoms with van der Waals surface area (Å²) in [6, 6.07) is 12.7. The van der Waals surface area contributed by atoms with E-state index < -0.39 is 11.8 Å². The number of benzene rings is 2. The monoisotopic (exact) mass is 411 g/mol. The van der Waals surface area contributed by atoms with Gasteiger partial charge in [0.25, 0.3) is 0 Å². The molecule has 1 unspecified atom stereocenters. The predicted molar refractivity (Wildman–Crippen MR) is 110 cm³/mol. The van der Waals surface area contributed by atoms with Crippen molar-refractivity contribution in [2.45, 2.75) is 26.3 Å². The maximum Gasteiger partial charge on any atom is 0.420 e. The zero-order valence-corrected chi connectivity index (χ0v) is 16.6. The summed E-state index contributed by atoms with van der Waals surface area (Å²) in [5.74, 6) is -1.25. The van der Waals surface area contributed by atoms with Crippen LogP contribution in [0.2, 0.25) is 0 Å². The molecule has 0 aliphatic carbocycles. The summed E-state index contributed by atoms with van der Waals surface area (Å²) in [6.07, 6.45) is 0.396. The van der Waals surface area contributed by atoms with E-state index >= 15 is 0 Å². The van der Waals surface area contributed by atoms with Crippen LogP contribution in [0.25, 0.3) is 11.1 Å². The van der Waals surface area contributed by atoms with Crippen LogP contribution in [0.1, 0.15) is 29.1 Å². The average Bonchev–Trinajstić information content (AvgIpc) is 3.21. The molecule has 1 amide bonds. The largest absolute Gasteiger partial charge is 0.420 e. The van der Waals surface area contributed by atoms with E-state index in [0.717, 1.165) is 10.6 Å². The quantitative estimate of drug-likeness (QED) is 0.532. The SMILES string of the molecule is Cc1nc(NC(=O)C(C)n2c(=O)oc3ccccc32)sc1Cc1ccccc1F. The molecule has 8 heteroatoms. The molecule has 0 radical (unpaired) electrons. The Balaban J connectivity index is 1.55. The molecule has 29 heavy (non-hydrogen) atoms. The topological polar surface area (TPSA) is 77.1 Å². The lowest BCUT2D eigenvalue weighted by atomic mass is 10.1. The number of aromatic nitrogens is 2. The number of para-hydroxylation sites is 2. The number of oxazole rings is 1. The standard InChI is InChI=1S/C21H18FN3O3S/c1-12-18(11-14-7-3-4-8-15(14)22)29-20(23-12)24-19(26)13(2)25-16-9-5-6-10-17(16)28-21(25)27/h3-10,13H,11H2,1-2H3,(H,23,24,26). The number of nitrogens with one attached hydrogen (secondary N) is 1. The Morgan fingerprint density at radius 3 is 2.76 bits per heavy atom. The summed E-state index contributed by atoms with van der Waals surface area (Å²) in [5.41, 5.74) is 2.28. The van der Waals surface area contributed by atoms with E-state index in [1.165, 1.54) is 22.0 Å². The number of carbonyl (C=O) groups excluding carboxylic acids is 1. The highest BCUT2D eigenvalue weighted by Gasteiger charge is 2.22. The van der Waals surface area contributed by atoms with Crippen molar-refractivity contribution < 1.29 is 13.6 Å². The Hall–Kier alpha value is -3.26. The lowest BCUT2D eigenvalue weighted by molar-refractivity contribution is -0.118. The number of hydrogen-bond donors (Lipinski definition) is 1. The first-order chi connectivity index (χ1) is 13.9. The minimum absolute atomic E-state index is 0.272. The fourth-order valence-corrected chi connectivity index (χ4v) is 4.13. The minimum Gasteiger partial charge on any atom is -0.408 e. The summed E-state index contributed by atoms with van der Waals surface area (Å²) in [4.78, 5) is 30.2. The first-order valence-electron chi connectivity index (χ1n) is 9.04. The molecule has 0 aliphatic rings. The number of hydrogen-bond acceptors (Lipinski definition) is 5. The lowest BCUT2D eigenvalue weighted by Gasteiger charge is -2.11. The van der Waals surface area contributed by atoms with E-state index in [9.17, 15) is 14.0 Å². The summed E-state index contributed by atoms with van der Waals surface area (Å²) in [6.45, 7) is 3.44. The van der Waals surface area contributed by atoms with Gasteiger partial charge in [0, 0.05) is 11.3 Å². The normalized spacial score (nSPS) is 12.2. The molecule has 0 fully saturated rings. The van der Waals surface area contributed by atoms with Crippen LogP contribution in [0.15, 0.2) is 57.7 Å². The van der Waals surface area contributed by atoms with Crippen LogP contribution in [0.5, 0.6) is 0 Å². The summed E-state index contributed by atoms with van der Waals surface area (Å²) in [7, 11) is 0. The smallest absolute Gasteiger partial charge is 0.408 e. The minimum atomic E-state index is -0.787. The van der Waals surface area contributed by atoms with Crippen LogP contribution < -0.4 is 11.1 Å². The number of fused-ring (bicyclic) bond motifs is 1. The molecule has 1 atom stereocenters. The van der Waals surface area contributed by atoms with Gasteiger partial charge in [0.1, 0.15) is 11.9 Å². The Kier molecular flexibility index (Phi) is 5.02. The number of thiazole rings is 1. The van der Waals surface area contributed by atoms with Crippen molar-refractivity contribution in [2.75, 3.05) is 5.32 Å². The Bertz CT molecular complexity index is 1260. The summed E-state index contributed by atoms with van der Waals surface area (Å²) >= 11 is 1.29. The van der Waals surface area contributed by atoms with Crippen molar-refractivity contribution in [1.29, 1.82) is 0 Å². The first-order valence-corrected chi connectivity index (χ1v) is 9.86. The molecule has 148 valence electrons. The maximum absolute atomic E-state index is 13.9. The highest BCUT2D eigenvalue weighted by Crippen LogP contribution is 2.27. The van der Waals surface area contributed by atoms with E-state index in [4.69, 9.17) is 4.42 Å². The van der Waals surface area contributed by atoms with Crippen LogP contribution >= 0.6 is 11.3 Å². The highest BCUT2D eigenvalue weighted by atomic mass is 32.1. The predicted octanol–water partition coefficient (Wildman–Crippen LogP) is 4.29. The maximum atomic E-state index is 13.9. The molecule has 2 heterocycles. The Labute approximate surface area is 169 Å². The molecule has 0 saturated carbocycles. The molecule has 1 N–H and O–H groups in total. The van der Waals surface area contributed by atoms with Gasteiger partial charge in [-0.2, -0.15) is 0 Å².